The van der Waals surface area contributed by atoms with E-state index in [1.807, 2.05) is 0 Å². The first-order chi connectivity index (χ1) is 9.69. The van der Waals surface area contributed by atoms with E-state index >= 15 is 0 Å². The van der Waals surface area contributed by atoms with E-state index in [-0.39, 0.29) is 11.7 Å². The van der Waals surface area contributed by atoms with Crippen LogP contribution in [0.15, 0.2) is 0 Å². The molecule has 0 atom stereocenters. The minimum Gasteiger partial charge on any atom is -0.383 e. The average Bonchev–Trinajstić information content (AvgIpc) is 2.80. The Kier molecular flexibility index (Phi) is 7.87. The molecule has 0 radical (unpaired) electrons. The van der Waals surface area contributed by atoms with E-state index < -0.39 is 0 Å². The molecule has 0 unspecified atom stereocenters. The second-order valence-corrected chi connectivity index (χ2v) is 5.77. The van der Waals surface area contributed by atoms with Gasteiger partial charge in [0.05, 0.1) is 12.4 Å². The molecular weight excluding hydrogens is 296 g/mol. The van der Waals surface area contributed by atoms with Gasteiger partial charge in [0, 0.05) is 26.0 Å². The van der Waals surface area contributed by atoms with Crippen molar-refractivity contribution in [2.75, 3.05) is 49.4 Å². The Morgan fingerprint density at radius 3 is 3.10 bits per heavy atom. The van der Waals surface area contributed by atoms with Crippen molar-refractivity contribution in [3.05, 3.63) is 4.88 Å². The number of carbonyl (C=O) groups is 1. The summed E-state index contributed by atoms with van der Waals surface area (Å²) in [6.45, 7) is 1.73. The largest absolute Gasteiger partial charge is 0.383 e. The molecule has 0 saturated carbocycles. The Morgan fingerprint density at radius 1 is 1.60 bits per heavy atom. The first-order valence-corrected chi connectivity index (χ1v) is 7.94. The molecule has 8 heteroatoms. The monoisotopic (exact) mass is 314 g/mol. The highest BCUT2D eigenvalue weighted by Crippen LogP contribution is 2.24. The molecule has 0 spiro atoms. The van der Waals surface area contributed by atoms with Crippen molar-refractivity contribution in [3.8, 4) is 12.3 Å². The van der Waals surface area contributed by atoms with E-state index in [0.717, 1.165) is 5.75 Å². The topological polar surface area (TPSA) is 89.3 Å². The molecule has 1 aromatic rings. The molecule has 1 aromatic heterocycles. The molecule has 0 aliphatic rings. The van der Waals surface area contributed by atoms with Crippen molar-refractivity contribution < 1.29 is 9.53 Å². The molecule has 0 aromatic carbocycles. The van der Waals surface area contributed by atoms with Crippen LogP contribution in [0.5, 0.6) is 0 Å². The van der Waals surface area contributed by atoms with Gasteiger partial charge in [-0.25, -0.2) is 4.98 Å². The van der Waals surface area contributed by atoms with Crippen molar-refractivity contribution in [1.82, 2.24) is 10.3 Å². The fourth-order valence-electron chi connectivity index (χ4n) is 1.28. The normalized spacial score (nSPS) is 10.0. The Hall–Kier alpha value is -1.43. The summed E-state index contributed by atoms with van der Waals surface area (Å²) < 4.78 is 4.92. The number of rotatable bonds is 9. The third-order valence-corrected chi connectivity index (χ3v) is 4.05. The number of nitrogens with zero attached hydrogens (tertiary/aromatic N) is 1. The molecule has 4 N–H and O–H groups in total. The summed E-state index contributed by atoms with van der Waals surface area (Å²) in [4.78, 5) is 16.4. The standard InChI is InChI=1S/C12H18N4O2S2/c1-3-7-19-8-5-14-11(17)9-10(13)16-12(20-9)15-4-6-18-2/h1H,4-8,13H2,2H3,(H,14,17)(H,15,16). The van der Waals surface area contributed by atoms with Gasteiger partial charge in [-0.3, -0.25) is 4.79 Å². The van der Waals surface area contributed by atoms with Crippen molar-refractivity contribution in [2.45, 2.75) is 0 Å². The molecule has 1 rings (SSSR count). The molecule has 0 aliphatic carbocycles. The highest BCUT2D eigenvalue weighted by molar-refractivity contribution is 7.99. The lowest BCUT2D eigenvalue weighted by Gasteiger charge is -2.02. The number of nitrogens with one attached hydrogen (secondary N) is 2. The summed E-state index contributed by atoms with van der Waals surface area (Å²) >= 11 is 2.83. The summed E-state index contributed by atoms with van der Waals surface area (Å²) in [7, 11) is 1.62. The first-order valence-electron chi connectivity index (χ1n) is 5.97. The number of hydrogen-bond acceptors (Lipinski definition) is 7. The molecule has 0 bridgehead atoms. The lowest BCUT2D eigenvalue weighted by Crippen LogP contribution is -2.25. The van der Waals surface area contributed by atoms with Crippen LogP contribution in [0.2, 0.25) is 0 Å². The molecule has 6 nitrogen and oxygen atoms in total. The Morgan fingerprint density at radius 2 is 2.40 bits per heavy atom. The van der Waals surface area contributed by atoms with Crippen molar-refractivity contribution in [2.24, 2.45) is 0 Å². The van der Waals surface area contributed by atoms with Crippen LogP contribution in [-0.4, -0.2) is 49.2 Å². The van der Waals surface area contributed by atoms with Gasteiger partial charge in [0.25, 0.3) is 5.91 Å². The summed E-state index contributed by atoms with van der Waals surface area (Å²) in [5.41, 5.74) is 5.73. The maximum Gasteiger partial charge on any atom is 0.265 e. The zero-order chi connectivity index (χ0) is 14.8. The van der Waals surface area contributed by atoms with Crippen LogP contribution in [0.3, 0.4) is 0 Å². The predicted molar refractivity (Wildman–Crippen MR) is 85.4 cm³/mol. The van der Waals surface area contributed by atoms with Gasteiger partial charge < -0.3 is 21.1 Å². The van der Waals surface area contributed by atoms with Gasteiger partial charge in [-0.15, -0.1) is 18.2 Å². The van der Waals surface area contributed by atoms with Crippen LogP contribution < -0.4 is 16.4 Å². The minimum atomic E-state index is -0.207. The fourth-order valence-corrected chi connectivity index (χ4v) is 2.61. The molecule has 0 aliphatic heterocycles. The van der Waals surface area contributed by atoms with Crippen molar-refractivity contribution >= 4 is 40.0 Å². The second-order valence-electron chi connectivity index (χ2n) is 3.67. The van der Waals surface area contributed by atoms with Crippen molar-refractivity contribution in [1.29, 1.82) is 0 Å². The Balaban J connectivity index is 2.41. The molecule has 0 saturated heterocycles. The number of amides is 1. The number of carbonyl (C=O) groups excluding carboxylic acids is 1. The second kappa shape index (κ2) is 9.47. The third-order valence-electron chi connectivity index (χ3n) is 2.16. The number of aromatic nitrogens is 1. The van der Waals surface area contributed by atoms with Gasteiger partial charge in [0.2, 0.25) is 0 Å². The molecule has 0 fully saturated rings. The SMILES string of the molecule is C#CCSCCNC(=O)c1sc(NCCOC)nc1N. The maximum absolute atomic E-state index is 11.9. The number of methoxy groups -OCH3 is 1. The lowest BCUT2D eigenvalue weighted by atomic mass is 10.4. The summed E-state index contributed by atoms with van der Waals surface area (Å²) in [5.74, 6) is 3.98. The number of nitrogen functional groups attached to an aromatic ring is 1. The van der Waals surface area contributed by atoms with Gasteiger partial charge >= 0.3 is 0 Å². The summed E-state index contributed by atoms with van der Waals surface area (Å²) in [6.07, 6.45) is 5.14. The smallest absolute Gasteiger partial charge is 0.265 e. The highest BCUT2D eigenvalue weighted by atomic mass is 32.2. The average molecular weight is 314 g/mol. The number of anilines is 2. The molecule has 110 valence electrons. The molecule has 20 heavy (non-hydrogen) atoms. The van der Waals surface area contributed by atoms with Crippen LogP contribution in [0, 0.1) is 12.3 Å². The number of thioether (sulfide) groups is 1. The lowest BCUT2D eigenvalue weighted by molar-refractivity contribution is 0.0961. The van der Waals surface area contributed by atoms with Crippen LogP contribution in [0.4, 0.5) is 10.9 Å². The maximum atomic E-state index is 11.9. The Bertz CT molecular complexity index is 471. The van der Waals surface area contributed by atoms with E-state index in [1.54, 1.807) is 18.9 Å². The molecule has 1 heterocycles. The van der Waals surface area contributed by atoms with Crippen LogP contribution in [-0.2, 0) is 4.74 Å². The highest BCUT2D eigenvalue weighted by Gasteiger charge is 2.15. The van der Waals surface area contributed by atoms with E-state index in [2.05, 4.69) is 21.5 Å². The van der Waals surface area contributed by atoms with Crippen LogP contribution >= 0.6 is 23.1 Å². The van der Waals surface area contributed by atoms with Crippen LogP contribution in [0.1, 0.15) is 9.67 Å². The zero-order valence-electron chi connectivity index (χ0n) is 11.3. The summed E-state index contributed by atoms with van der Waals surface area (Å²) in [5, 5.41) is 6.45. The van der Waals surface area contributed by atoms with E-state index in [4.69, 9.17) is 16.9 Å². The fraction of sp³-hybridized carbons (Fsp3) is 0.500. The van der Waals surface area contributed by atoms with E-state index in [1.165, 1.54) is 11.3 Å². The number of ether oxygens (including phenoxy) is 1. The summed E-state index contributed by atoms with van der Waals surface area (Å²) in [6, 6.07) is 0. The van der Waals surface area contributed by atoms with Gasteiger partial charge in [0.15, 0.2) is 5.13 Å². The van der Waals surface area contributed by atoms with Crippen molar-refractivity contribution in [3.63, 3.8) is 0 Å². The first kappa shape index (κ1) is 16.6. The minimum absolute atomic E-state index is 0.207. The number of hydrogen-bond donors (Lipinski definition) is 3. The molecular formula is C12H18N4O2S2. The van der Waals surface area contributed by atoms with Gasteiger partial charge in [0.1, 0.15) is 10.7 Å². The van der Waals surface area contributed by atoms with Gasteiger partial charge in [-0.1, -0.05) is 17.3 Å². The third kappa shape index (κ3) is 5.69. The predicted octanol–water partition coefficient (Wildman–Crippen LogP) is 0.880. The number of nitrogens with two attached hydrogens (primary N) is 1. The van der Waals surface area contributed by atoms with Gasteiger partial charge in [-0.05, 0) is 0 Å². The zero-order valence-corrected chi connectivity index (χ0v) is 12.9. The Labute approximate surface area is 126 Å². The molecule has 1 amide bonds. The van der Waals surface area contributed by atoms with Crippen LogP contribution in [0.25, 0.3) is 0 Å². The van der Waals surface area contributed by atoms with E-state index in [9.17, 15) is 4.79 Å². The van der Waals surface area contributed by atoms with E-state index in [0.29, 0.717) is 35.5 Å². The van der Waals surface area contributed by atoms with Gasteiger partial charge in [-0.2, -0.15) is 0 Å². The number of terminal acetylenes is 1. The quantitative estimate of drug-likeness (QED) is 0.463. The number of thiazole rings is 1.